The Morgan fingerprint density at radius 1 is 1.00 bits per heavy atom. The molecule has 0 aliphatic heterocycles. The molecule has 154 valence electrons. The van der Waals surface area contributed by atoms with Gasteiger partial charge in [-0.25, -0.2) is 5.43 Å². The Balaban J connectivity index is 1.62. The zero-order valence-corrected chi connectivity index (χ0v) is 20.6. The third-order valence-electron chi connectivity index (χ3n) is 4.05. The molecule has 0 aromatic heterocycles. The van der Waals surface area contributed by atoms with Gasteiger partial charge in [0, 0.05) is 10.0 Å². The van der Waals surface area contributed by atoms with Gasteiger partial charge in [0.1, 0.15) is 18.1 Å². The van der Waals surface area contributed by atoms with E-state index in [0.29, 0.717) is 23.7 Å². The lowest BCUT2D eigenvalue weighted by molar-refractivity contribution is 0.0955. The number of halogens is 3. The van der Waals surface area contributed by atoms with Gasteiger partial charge in [0.15, 0.2) is 0 Å². The van der Waals surface area contributed by atoms with Gasteiger partial charge in [0.05, 0.1) is 22.3 Å². The fourth-order valence-corrected chi connectivity index (χ4v) is 4.22. The smallest absolute Gasteiger partial charge is 0.271 e. The molecule has 5 nitrogen and oxygen atoms in total. The first-order valence-electron chi connectivity index (χ1n) is 8.80. The van der Waals surface area contributed by atoms with Gasteiger partial charge < -0.3 is 9.47 Å². The highest BCUT2D eigenvalue weighted by Crippen LogP contribution is 2.35. The maximum absolute atomic E-state index is 12.2. The van der Waals surface area contributed by atoms with Crippen molar-refractivity contribution in [1.82, 2.24) is 5.43 Å². The van der Waals surface area contributed by atoms with Crippen molar-refractivity contribution in [3.63, 3.8) is 0 Å². The summed E-state index contributed by atoms with van der Waals surface area (Å²) >= 11 is 10.5. The van der Waals surface area contributed by atoms with Crippen molar-refractivity contribution in [2.45, 2.75) is 6.61 Å². The quantitative estimate of drug-likeness (QED) is 0.256. The summed E-state index contributed by atoms with van der Waals surface area (Å²) < 4.78 is 13.6. The van der Waals surface area contributed by atoms with Crippen molar-refractivity contribution < 1.29 is 14.3 Å². The summed E-state index contributed by atoms with van der Waals surface area (Å²) in [6, 6.07) is 18.5. The second-order valence-electron chi connectivity index (χ2n) is 6.16. The molecule has 0 bridgehead atoms. The number of carbonyl (C=O) groups excluding carboxylic acids is 1. The fourth-order valence-electron chi connectivity index (χ4n) is 2.50. The van der Waals surface area contributed by atoms with Crippen molar-refractivity contribution in [3.8, 4) is 11.5 Å². The van der Waals surface area contributed by atoms with Crippen LogP contribution in [-0.2, 0) is 6.61 Å². The van der Waals surface area contributed by atoms with Crippen LogP contribution in [0, 0.1) is 0 Å². The monoisotopic (exact) mass is 594 g/mol. The summed E-state index contributed by atoms with van der Waals surface area (Å²) in [6.07, 6.45) is 1.56. The van der Waals surface area contributed by atoms with Crippen LogP contribution in [0.3, 0.4) is 0 Å². The molecule has 0 atom stereocenters. The average molecular weight is 597 g/mol. The first-order chi connectivity index (χ1) is 14.5. The number of nitrogens with zero attached hydrogens (tertiary/aromatic N) is 1. The molecule has 1 amide bonds. The van der Waals surface area contributed by atoms with E-state index in [1.54, 1.807) is 37.6 Å². The molecule has 3 aromatic rings. The van der Waals surface area contributed by atoms with Crippen LogP contribution in [0.25, 0.3) is 0 Å². The molecule has 0 spiro atoms. The normalized spacial score (nSPS) is 10.8. The summed E-state index contributed by atoms with van der Waals surface area (Å²) in [5, 5.41) is 4.03. The zero-order valence-electron chi connectivity index (χ0n) is 15.9. The van der Waals surface area contributed by atoms with E-state index >= 15 is 0 Å². The molecule has 3 rings (SSSR count). The first kappa shape index (κ1) is 22.5. The van der Waals surface area contributed by atoms with Crippen molar-refractivity contribution >= 4 is 59.9 Å². The van der Waals surface area contributed by atoms with E-state index in [9.17, 15) is 4.79 Å². The highest BCUT2D eigenvalue weighted by Gasteiger charge is 2.09. The van der Waals surface area contributed by atoms with Crippen LogP contribution in [0.4, 0.5) is 0 Å². The predicted octanol–water partition coefficient (Wildman–Crippen LogP) is 6.33. The first-order valence-corrected chi connectivity index (χ1v) is 11.2. The van der Waals surface area contributed by atoms with Gasteiger partial charge in [-0.2, -0.15) is 5.10 Å². The van der Waals surface area contributed by atoms with Gasteiger partial charge in [-0.3, -0.25) is 4.79 Å². The number of ether oxygens (including phenoxy) is 2. The lowest BCUT2D eigenvalue weighted by atomic mass is 10.2. The molecular formula is C22H17Br3N2O3. The van der Waals surface area contributed by atoms with E-state index in [1.165, 1.54) is 0 Å². The number of methoxy groups -OCH3 is 1. The maximum Gasteiger partial charge on any atom is 0.271 e. The van der Waals surface area contributed by atoms with Crippen LogP contribution in [0.15, 0.2) is 79.2 Å². The van der Waals surface area contributed by atoms with Crippen LogP contribution in [0.1, 0.15) is 21.5 Å². The highest BCUT2D eigenvalue weighted by molar-refractivity contribution is 9.11. The van der Waals surface area contributed by atoms with E-state index in [2.05, 4.69) is 58.3 Å². The lowest BCUT2D eigenvalue weighted by Crippen LogP contribution is -2.17. The molecule has 0 radical (unpaired) electrons. The molecule has 1 N–H and O–H groups in total. The van der Waals surface area contributed by atoms with E-state index in [4.69, 9.17) is 9.47 Å². The molecule has 3 aromatic carbocycles. The number of benzene rings is 3. The topological polar surface area (TPSA) is 59.9 Å². The van der Waals surface area contributed by atoms with Crippen molar-refractivity contribution in [3.05, 3.63) is 90.8 Å². The van der Waals surface area contributed by atoms with Crippen LogP contribution < -0.4 is 14.9 Å². The summed E-state index contributed by atoms with van der Waals surface area (Å²) in [5.41, 5.74) is 4.86. The highest BCUT2D eigenvalue weighted by atomic mass is 79.9. The van der Waals surface area contributed by atoms with Crippen LogP contribution in [0.2, 0.25) is 0 Å². The standard InChI is InChI=1S/C22H17Br3N2O3/c1-29-18-8-4-16(5-9-18)22(28)27-26-12-15-10-19(24)21(20(25)11-15)30-13-14-2-6-17(23)7-3-14/h2-12H,13H2,1H3,(H,27,28)/b26-12-. The number of carbonyl (C=O) groups is 1. The van der Waals surface area contributed by atoms with E-state index < -0.39 is 0 Å². The maximum atomic E-state index is 12.2. The molecule has 8 heteroatoms. The summed E-state index contributed by atoms with van der Waals surface area (Å²) in [4.78, 5) is 12.2. The lowest BCUT2D eigenvalue weighted by Gasteiger charge is -2.11. The minimum Gasteiger partial charge on any atom is -0.497 e. The SMILES string of the molecule is COc1ccc(C(=O)N/N=C\c2cc(Br)c(OCc3ccc(Br)cc3)c(Br)c2)cc1. The number of nitrogens with one attached hydrogen (secondary N) is 1. The molecule has 0 fully saturated rings. The number of rotatable bonds is 7. The molecule has 0 heterocycles. The van der Waals surface area contributed by atoms with Crippen LogP contribution in [-0.4, -0.2) is 19.2 Å². The summed E-state index contributed by atoms with van der Waals surface area (Å²) in [7, 11) is 1.58. The Labute approximate surface area is 199 Å². The summed E-state index contributed by atoms with van der Waals surface area (Å²) in [6.45, 7) is 0.440. The number of hydrogen-bond donors (Lipinski definition) is 1. The summed E-state index contributed by atoms with van der Waals surface area (Å²) in [5.74, 6) is 1.08. The number of amides is 1. The molecule has 0 aliphatic carbocycles. The van der Waals surface area contributed by atoms with Crippen molar-refractivity contribution in [2.24, 2.45) is 5.10 Å². The zero-order chi connectivity index (χ0) is 21.5. The van der Waals surface area contributed by atoms with E-state index in [0.717, 1.165) is 24.5 Å². The Kier molecular flexibility index (Phi) is 8.07. The minimum absolute atomic E-state index is 0.304. The molecule has 0 saturated carbocycles. The van der Waals surface area contributed by atoms with Gasteiger partial charge in [-0.1, -0.05) is 28.1 Å². The van der Waals surface area contributed by atoms with E-state index in [1.807, 2.05) is 36.4 Å². The van der Waals surface area contributed by atoms with Crippen molar-refractivity contribution in [2.75, 3.05) is 7.11 Å². The second kappa shape index (κ2) is 10.7. The van der Waals surface area contributed by atoms with Crippen LogP contribution >= 0.6 is 47.8 Å². The molecule has 0 saturated heterocycles. The largest absolute Gasteiger partial charge is 0.497 e. The van der Waals surface area contributed by atoms with Gasteiger partial charge in [0.25, 0.3) is 5.91 Å². The third kappa shape index (κ3) is 6.17. The average Bonchev–Trinajstić information content (AvgIpc) is 2.74. The van der Waals surface area contributed by atoms with Gasteiger partial charge >= 0.3 is 0 Å². The fraction of sp³-hybridized carbons (Fsp3) is 0.0909. The van der Waals surface area contributed by atoms with E-state index in [-0.39, 0.29) is 5.91 Å². The van der Waals surface area contributed by atoms with Crippen molar-refractivity contribution in [1.29, 1.82) is 0 Å². The predicted molar refractivity (Wildman–Crippen MR) is 128 cm³/mol. The number of hydrogen-bond acceptors (Lipinski definition) is 4. The van der Waals surface area contributed by atoms with Gasteiger partial charge in [-0.15, -0.1) is 0 Å². The third-order valence-corrected chi connectivity index (χ3v) is 5.76. The molecular weight excluding hydrogens is 580 g/mol. The van der Waals surface area contributed by atoms with Gasteiger partial charge in [-0.05, 0) is 91.5 Å². The van der Waals surface area contributed by atoms with Crippen LogP contribution in [0.5, 0.6) is 11.5 Å². The minimum atomic E-state index is -0.304. The molecule has 0 aliphatic rings. The molecule has 0 unspecified atom stereocenters. The Morgan fingerprint density at radius 3 is 2.23 bits per heavy atom. The second-order valence-corrected chi connectivity index (χ2v) is 8.78. The molecule has 30 heavy (non-hydrogen) atoms. The number of hydrazone groups is 1. The Hall–Kier alpha value is -2.16. The Morgan fingerprint density at radius 2 is 1.63 bits per heavy atom. The Bertz CT molecular complexity index is 1030. The van der Waals surface area contributed by atoms with Gasteiger partial charge in [0.2, 0.25) is 0 Å².